The van der Waals surface area contributed by atoms with Crippen LogP contribution in [0, 0.1) is 5.92 Å². The third kappa shape index (κ3) is 5.02. The third-order valence-electron chi connectivity index (χ3n) is 1.65. The lowest BCUT2D eigenvalue weighted by Gasteiger charge is -2.23. The van der Waals surface area contributed by atoms with Crippen molar-refractivity contribution >= 4 is 21.6 Å². The molecule has 0 radical (unpaired) electrons. The van der Waals surface area contributed by atoms with Crippen molar-refractivity contribution in [1.82, 2.24) is 0 Å². The molecular weight excluding hydrogens is 172 g/mol. The molecule has 1 rings (SSSR count). The van der Waals surface area contributed by atoms with Crippen LogP contribution in [0.25, 0.3) is 0 Å². The normalized spacial score (nSPS) is 24.3. The summed E-state index contributed by atoms with van der Waals surface area (Å²) in [6, 6.07) is 0. The number of hydrogen-bond acceptors (Lipinski definition) is 2. The Balaban J connectivity index is 0.000000461. The van der Waals surface area contributed by atoms with Gasteiger partial charge in [0.25, 0.3) is 0 Å². The van der Waals surface area contributed by atoms with E-state index in [1.807, 2.05) is 24.6 Å². The highest BCUT2D eigenvalue weighted by atomic mass is 33.1. The lowest BCUT2D eigenvalue weighted by molar-refractivity contribution is 0.569. The summed E-state index contributed by atoms with van der Waals surface area (Å²) in [6.45, 7) is 8.65. The molecule has 0 nitrogen and oxygen atoms in total. The molecule has 1 atom stereocenters. The van der Waals surface area contributed by atoms with Crippen LogP contribution in [-0.2, 0) is 0 Å². The predicted molar refractivity (Wildman–Crippen MR) is 59.3 cm³/mol. The van der Waals surface area contributed by atoms with Crippen molar-refractivity contribution in [3.05, 3.63) is 0 Å². The van der Waals surface area contributed by atoms with E-state index in [1.54, 1.807) is 0 Å². The van der Waals surface area contributed by atoms with Gasteiger partial charge in [0.1, 0.15) is 0 Å². The fraction of sp³-hybridized carbons (Fsp3) is 1.00. The maximum atomic E-state index is 2.32. The van der Waals surface area contributed by atoms with Gasteiger partial charge < -0.3 is 0 Å². The summed E-state index contributed by atoms with van der Waals surface area (Å²) >= 11 is 0. The zero-order chi connectivity index (χ0) is 8.69. The molecule has 0 aliphatic carbocycles. The molecule has 2 heteroatoms. The smallest absolute Gasteiger partial charge is 0.0174 e. The molecule has 68 valence electrons. The Morgan fingerprint density at radius 1 is 1.27 bits per heavy atom. The summed E-state index contributed by atoms with van der Waals surface area (Å²) in [7, 11) is 4.14. The second kappa shape index (κ2) is 7.35. The van der Waals surface area contributed by atoms with Crippen LogP contribution in [0.4, 0.5) is 0 Å². The second-order valence-corrected chi connectivity index (χ2v) is 5.57. The van der Waals surface area contributed by atoms with Gasteiger partial charge in [0.2, 0.25) is 0 Å². The molecule has 1 fully saturated rings. The van der Waals surface area contributed by atoms with Crippen molar-refractivity contribution in [2.75, 3.05) is 5.75 Å². The fourth-order valence-electron chi connectivity index (χ4n) is 0.972. The summed E-state index contributed by atoms with van der Waals surface area (Å²) in [5.41, 5.74) is 0. The van der Waals surface area contributed by atoms with E-state index in [2.05, 4.69) is 24.6 Å². The maximum Gasteiger partial charge on any atom is 0.0174 e. The van der Waals surface area contributed by atoms with Gasteiger partial charge in [0.05, 0.1) is 0 Å². The van der Waals surface area contributed by atoms with Gasteiger partial charge in [0, 0.05) is 11.0 Å². The van der Waals surface area contributed by atoms with Crippen molar-refractivity contribution in [1.29, 1.82) is 0 Å². The molecule has 0 aromatic carbocycles. The topological polar surface area (TPSA) is 0 Å². The van der Waals surface area contributed by atoms with Gasteiger partial charge in [0.15, 0.2) is 0 Å². The van der Waals surface area contributed by atoms with Crippen LogP contribution in [0.15, 0.2) is 0 Å². The van der Waals surface area contributed by atoms with E-state index < -0.39 is 0 Å². The molecular formula is C9H20S2. The van der Waals surface area contributed by atoms with Gasteiger partial charge in [-0.15, -0.1) is 0 Å². The SMILES string of the molecule is CC.CC(C)C1CCCSS1. The lowest BCUT2D eigenvalue weighted by atomic mass is 10.1. The first kappa shape index (κ1) is 11.7. The minimum atomic E-state index is 0.878. The molecule has 0 amide bonds. The molecule has 0 spiro atoms. The maximum absolute atomic E-state index is 2.32. The zero-order valence-electron chi connectivity index (χ0n) is 8.09. The predicted octanol–water partition coefficient (Wildman–Crippen LogP) is 4.21. The minimum absolute atomic E-state index is 0.878. The lowest BCUT2D eigenvalue weighted by Crippen LogP contribution is -2.13. The first-order chi connectivity index (χ1) is 5.30. The van der Waals surface area contributed by atoms with Gasteiger partial charge in [-0.3, -0.25) is 0 Å². The Bertz CT molecular complexity index is 75.6. The van der Waals surface area contributed by atoms with Gasteiger partial charge in [-0.1, -0.05) is 49.3 Å². The average molecular weight is 192 g/mol. The molecule has 0 saturated carbocycles. The highest BCUT2D eigenvalue weighted by molar-refractivity contribution is 8.77. The van der Waals surface area contributed by atoms with E-state index in [9.17, 15) is 0 Å². The molecule has 1 aliphatic heterocycles. The van der Waals surface area contributed by atoms with E-state index in [1.165, 1.54) is 18.6 Å². The van der Waals surface area contributed by atoms with Crippen LogP contribution in [0.2, 0.25) is 0 Å². The third-order valence-corrected chi connectivity index (χ3v) is 4.92. The van der Waals surface area contributed by atoms with E-state index in [0.29, 0.717) is 0 Å². The Morgan fingerprint density at radius 2 is 1.91 bits per heavy atom. The first-order valence-corrected chi connectivity index (χ1v) is 6.97. The molecule has 1 aliphatic rings. The summed E-state index contributed by atoms with van der Waals surface area (Å²) in [4.78, 5) is 0. The van der Waals surface area contributed by atoms with E-state index >= 15 is 0 Å². The molecule has 0 bridgehead atoms. The number of rotatable bonds is 1. The van der Waals surface area contributed by atoms with E-state index in [0.717, 1.165) is 11.2 Å². The Morgan fingerprint density at radius 3 is 2.18 bits per heavy atom. The molecule has 0 aromatic heterocycles. The summed E-state index contributed by atoms with van der Waals surface area (Å²) in [5.74, 6) is 2.25. The van der Waals surface area contributed by atoms with Crippen LogP contribution >= 0.6 is 21.6 Å². The van der Waals surface area contributed by atoms with Gasteiger partial charge in [-0.25, -0.2) is 0 Å². The quantitative estimate of drug-likeness (QED) is 0.571. The van der Waals surface area contributed by atoms with Crippen LogP contribution in [0.1, 0.15) is 40.5 Å². The van der Waals surface area contributed by atoms with E-state index in [-0.39, 0.29) is 0 Å². The van der Waals surface area contributed by atoms with Crippen LogP contribution < -0.4 is 0 Å². The van der Waals surface area contributed by atoms with Crippen molar-refractivity contribution in [3.8, 4) is 0 Å². The monoisotopic (exact) mass is 192 g/mol. The molecule has 1 saturated heterocycles. The fourth-order valence-corrected chi connectivity index (χ4v) is 4.13. The minimum Gasteiger partial charge on any atom is -0.0939 e. The zero-order valence-corrected chi connectivity index (χ0v) is 9.73. The summed E-state index contributed by atoms with van der Waals surface area (Å²) in [5, 5.41) is 0.934. The Labute approximate surface area is 79.3 Å². The second-order valence-electron chi connectivity index (χ2n) is 2.84. The van der Waals surface area contributed by atoms with E-state index in [4.69, 9.17) is 0 Å². The summed E-state index contributed by atoms with van der Waals surface area (Å²) < 4.78 is 0. The van der Waals surface area contributed by atoms with Crippen molar-refractivity contribution < 1.29 is 0 Å². The number of hydrogen-bond donors (Lipinski definition) is 0. The largest absolute Gasteiger partial charge is 0.0939 e. The standard InChI is InChI=1S/C7H14S2.C2H6/c1-6(2)7-4-3-5-8-9-7;1-2/h6-7H,3-5H2,1-2H3;1-2H3. The average Bonchev–Trinajstić information content (AvgIpc) is 2.10. The molecule has 11 heavy (non-hydrogen) atoms. The van der Waals surface area contributed by atoms with Crippen molar-refractivity contribution in [2.45, 2.75) is 45.8 Å². The van der Waals surface area contributed by atoms with Crippen molar-refractivity contribution in [2.24, 2.45) is 5.92 Å². The van der Waals surface area contributed by atoms with Crippen molar-refractivity contribution in [3.63, 3.8) is 0 Å². The van der Waals surface area contributed by atoms with Gasteiger partial charge in [-0.2, -0.15) is 0 Å². The summed E-state index contributed by atoms with van der Waals surface area (Å²) in [6.07, 6.45) is 2.87. The highest BCUT2D eigenvalue weighted by Crippen LogP contribution is 2.38. The molecule has 0 N–H and O–H groups in total. The van der Waals surface area contributed by atoms with Gasteiger partial charge in [-0.05, 0) is 18.8 Å². The Kier molecular flexibility index (Phi) is 7.82. The van der Waals surface area contributed by atoms with Crippen LogP contribution in [0.5, 0.6) is 0 Å². The van der Waals surface area contributed by atoms with Crippen LogP contribution in [-0.4, -0.2) is 11.0 Å². The highest BCUT2D eigenvalue weighted by Gasteiger charge is 2.17. The first-order valence-electron chi connectivity index (χ1n) is 4.59. The van der Waals surface area contributed by atoms with Crippen LogP contribution in [0.3, 0.4) is 0 Å². The molecule has 0 aromatic rings. The van der Waals surface area contributed by atoms with Gasteiger partial charge >= 0.3 is 0 Å². The molecule has 1 heterocycles. The molecule has 1 unspecified atom stereocenters. The Hall–Kier alpha value is 0.700.